The smallest absolute Gasteiger partial charge is 0.309 e. The number of nitrogens with zero attached hydrogens (tertiary/aromatic N) is 1. The van der Waals surface area contributed by atoms with Crippen LogP contribution in [0.2, 0.25) is 0 Å². The molecule has 0 saturated carbocycles. The van der Waals surface area contributed by atoms with Gasteiger partial charge in [-0.05, 0) is 24.8 Å². The van der Waals surface area contributed by atoms with Crippen molar-refractivity contribution in [2.24, 2.45) is 0 Å². The largest absolute Gasteiger partial charge is 0.481 e. The normalized spacial score (nSPS) is 10.6. The molecule has 0 aromatic carbocycles. The van der Waals surface area contributed by atoms with E-state index in [4.69, 9.17) is 9.52 Å². The minimum absolute atomic E-state index is 0.0751. The number of rotatable bonds is 5. The number of carbonyl (C=O) groups is 1. The fraction of sp³-hybridized carbons (Fsp3) is 0.333. The van der Waals surface area contributed by atoms with Gasteiger partial charge in [0.25, 0.3) is 0 Å². The third-order valence-corrected chi connectivity index (χ3v) is 3.36. The van der Waals surface area contributed by atoms with E-state index >= 15 is 0 Å². The zero-order valence-electron chi connectivity index (χ0n) is 9.47. The Bertz CT molecular complexity index is 502. The molecule has 0 unspecified atom stereocenters. The average Bonchev–Trinajstić information content (AvgIpc) is 2.86. The van der Waals surface area contributed by atoms with Crippen molar-refractivity contribution >= 4 is 17.3 Å². The van der Waals surface area contributed by atoms with Crippen LogP contribution >= 0.6 is 11.3 Å². The second kappa shape index (κ2) is 5.14. The van der Waals surface area contributed by atoms with E-state index in [1.165, 1.54) is 4.88 Å². The van der Waals surface area contributed by atoms with Gasteiger partial charge in [0.2, 0.25) is 0 Å². The minimum atomic E-state index is -0.883. The van der Waals surface area contributed by atoms with Gasteiger partial charge in [-0.1, -0.05) is 6.07 Å². The Morgan fingerprint density at radius 1 is 1.53 bits per heavy atom. The maximum atomic E-state index is 10.6. The molecule has 90 valence electrons. The summed E-state index contributed by atoms with van der Waals surface area (Å²) in [4.78, 5) is 16.1. The molecule has 0 amide bonds. The lowest BCUT2D eigenvalue weighted by molar-refractivity contribution is -0.136. The molecule has 4 nitrogen and oxygen atoms in total. The lowest BCUT2D eigenvalue weighted by Gasteiger charge is -1.92. The molecule has 0 spiro atoms. The molecule has 0 radical (unpaired) electrons. The molecular weight excluding hydrogens is 238 g/mol. The van der Waals surface area contributed by atoms with Gasteiger partial charge in [0, 0.05) is 11.3 Å². The second-order valence-electron chi connectivity index (χ2n) is 3.76. The Hall–Kier alpha value is -1.62. The van der Waals surface area contributed by atoms with E-state index in [-0.39, 0.29) is 6.42 Å². The summed E-state index contributed by atoms with van der Waals surface area (Å²) >= 11 is 1.70. The molecule has 5 heteroatoms. The lowest BCUT2D eigenvalue weighted by atomic mass is 10.2. The van der Waals surface area contributed by atoms with Crippen LogP contribution < -0.4 is 0 Å². The molecule has 0 aliphatic carbocycles. The van der Waals surface area contributed by atoms with E-state index in [9.17, 15) is 4.79 Å². The van der Waals surface area contributed by atoms with E-state index in [0.29, 0.717) is 23.8 Å². The first-order valence-electron chi connectivity index (χ1n) is 5.34. The van der Waals surface area contributed by atoms with Gasteiger partial charge in [-0.25, -0.2) is 4.98 Å². The maximum absolute atomic E-state index is 10.6. The summed E-state index contributed by atoms with van der Waals surface area (Å²) in [5.41, 5.74) is 0.527. The van der Waals surface area contributed by atoms with Gasteiger partial charge in [0.1, 0.15) is 5.76 Å². The van der Waals surface area contributed by atoms with Crippen LogP contribution in [0.5, 0.6) is 0 Å². The highest BCUT2D eigenvalue weighted by Gasteiger charge is 2.12. The van der Waals surface area contributed by atoms with E-state index in [1.807, 2.05) is 11.4 Å². The van der Waals surface area contributed by atoms with Crippen molar-refractivity contribution in [3.05, 3.63) is 39.7 Å². The molecule has 0 aliphatic heterocycles. The molecule has 0 aliphatic rings. The van der Waals surface area contributed by atoms with Crippen molar-refractivity contribution in [1.82, 2.24) is 4.98 Å². The van der Waals surface area contributed by atoms with Crippen LogP contribution in [0.1, 0.15) is 22.2 Å². The Balaban J connectivity index is 1.99. The molecule has 2 heterocycles. The van der Waals surface area contributed by atoms with Crippen LogP contribution in [0.3, 0.4) is 0 Å². The number of carboxylic acid groups (broad SMARTS) is 1. The van der Waals surface area contributed by atoms with Gasteiger partial charge in [-0.3, -0.25) is 4.79 Å². The predicted molar refractivity (Wildman–Crippen MR) is 64.3 cm³/mol. The summed E-state index contributed by atoms with van der Waals surface area (Å²) in [6.07, 6.45) is 1.51. The number of hydrogen-bond acceptors (Lipinski definition) is 4. The van der Waals surface area contributed by atoms with Crippen LogP contribution in [0.25, 0.3) is 0 Å². The van der Waals surface area contributed by atoms with Gasteiger partial charge in [-0.15, -0.1) is 11.3 Å². The zero-order chi connectivity index (χ0) is 12.3. The zero-order valence-corrected chi connectivity index (χ0v) is 10.3. The van der Waals surface area contributed by atoms with Crippen molar-refractivity contribution in [1.29, 1.82) is 0 Å². The van der Waals surface area contributed by atoms with Crippen molar-refractivity contribution in [2.45, 2.75) is 26.2 Å². The summed E-state index contributed by atoms with van der Waals surface area (Å²) in [5.74, 6) is 0.340. The third-order valence-electron chi connectivity index (χ3n) is 2.42. The average molecular weight is 251 g/mol. The molecule has 0 atom stereocenters. The quantitative estimate of drug-likeness (QED) is 0.886. The van der Waals surface area contributed by atoms with E-state index in [0.717, 1.165) is 6.42 Å². The van der Waals surface area contributed by atoms with Crippen LogP contribution in [0, 0.1) is 6.92 Å². The second-order valence-corrected chi connectivity index (χ2v) is 4.79. The van der Waals surface area contributed by atoms with Crippen molar-refractivity contribution in [3.63, 3.8) is 0 Å². The Morgan fingerprint density at radius 3 is 3.00 bits per heavy atom. The molecule has 2 rings (SSSR count). The predicted octanol–water partition coefficient (Wildman–Crippen LogP) is 2.46. The summed E-state index contributed by atoms with van der Waals surface area (Å²) < 4.78 is 5.44. The fourth-order valence-electron chi connectivity index (χ4n) is 1.59. The number of aryl methyl sites for hydroxylation is 3. The Labute approximate surface area is 103 Å². The fourth-order valence-corrected chi connectivity index (χ4v) is 2.30. The molecule has 2 aromatic heterocycles. The van der Waals surface area contributed by atoms with Crippen LogP contribution in [0.15, 0.2) is 21.9 Å². The van der Waals surface area contributed by atoms with E-state index in [2.05, 4.69) is 11.1 Å². The first kappa shape index (κ1) is 11.9. The van der Waals surface area contributed by atoms with Crippen LogP contribution in [0.4, 0.5) is 0 Å². The summed E-state index contributed by atoms with van der Waals surface area (Å²) in [6, 6.07) is 4.08. The van der Waals surface area contributed by atoms with Gasteiger partial charge < -0.3 is 9.52 Å². The monoisotopic (exact) mass is 251 g/mol. The SMILES string of the molecule is Cc1oc(CCc2cccs2)nc1CC(=O)O. The molecule has 0 fully saturated rings. The molecule has 1 N–H and O–H groups in total. The molecule has 2 aromatic rings. The van der Waals surface area contributed by atoms with Crippen LogP contribution in [-0.2, 0) is 24.1 Å². The van der Waals surface area contributed by atoms with Gasteiger partial charge in [0.15, 0.2) is 5.89 Å². The minimum Gasteiger partial charge on any atom is -0.481 e. The number of oxazole rings is 1. The van der Waals surface area contributed by atoms with E-state index in [1.54, 1.807) is 18.3 Å². The molecule has 0 saturated heterocycles. The first-order valence-corrected chi connectivity index (χ1v) is 6.22. The number of thiophene rings is 1. The van der Waals surface area contributed by atoms with Gasteiger partial charge in [-0.2, -0.15) is 0 Å². The first-order chi connectivity index (χ1) is 8.15. The molecular formula is C12H13NO3S. The molecule has 0 bridgehead atoms. The van der Waals surface area contributed by atoms with Crippen molar-refractivity contribution < 1.29 is 14.3 Å². The standard InChI is InChI=1S/C12H13NO3S/c1-8-10(7-12(14)15)13-11(16-8)5-4-9-3-2-6-17-9/h2-3,6H,4-5,7H2,1H3,(H,14,15). The molecule has 17 heavy (non-hydrogen) atoms. The summed E-state index contributed by atoms with van der Waals surface area (Å²) in [7, 11) is 0. The summed E-state index contributed by atoms with van der Waals surface area (Å²) in [6.45, 7) is 1.75. The van der Waals surface area contributed by atoms with Crippen molar-refractivity contribution in [2.75, 3.05) is 0 Å². The highest BCUT2D eigenvalue weighted by atomic mass is 32.1. The number of carboxylic acids is 1. The van der Waals surface area contributed by atoms with Gasteiger partial charge in [0.05, 0.1) is 12.1 Å². The number of aliphatic carboxylic acids is 1. The Kier molecular flexibility index (Phi) is 3.58. The van der Waals surface area contributed by atoms with Crippen LogP contribution in [-0.4, -0.2) is 16.1 Å². The third kappa shape index (κ3) is 3.17. The van der Waals surface area contributed by atoms with Gasteiger partial charge >= 0.3 is 5.97 Å². The van der Waals surface area contributed by atoms with E-state index < -0.39 is 5.97 Å². The highest BCUT2D eigenvalue weighted by Crippen LogP contribution is 2.15. The maximum Gasteiger partial charge on any atom is 0.309 e. The number of hydrogen-bond donors (Lipinski definition) is 1. The highest BCUT2D eigenvalue weighted by molar-refractivity contribution is 7.09. The Morgan fingerprint density at radius 2 is 2.35 bits per heavy atom. The summed E-state index contributed by atoms with van der Waals surface area (Å²) in [5, 5.41) is 10.7. The van der Waals surface area contributed by atoms with Crippen molar-refractivity contribution in [3.8, 4) is 0 Å². The number of aromatic nitrogens is 1. The topological polar surface area (TPSA) is 63.3 Å². The lowest BCUT2D eigenvalue weighted by Crippen LogP contribution is -2.01.